The van der Waals surface area contributed by atoms with Gasteiger partial charge in [-0.1, -0.05) is 30.9 Å². The van der Waals surface area contributed by atoms with Crippen molar-refractivity contribution < 1.29 is 9.05 Å². The van der Waals surface area contributed by atoms with Crippen molar-refractivity contribution >= 4 is 25.1 Å². The topological polar surface area (TPSA) is 52.5 Å². The molecule has 147 valence electrons. The molecule has 0 atom stereocenters. The first-order chi connectivity index (χ1) is 14.2. The van der Waals surface area contributed by atoms with E-state index >= 15 is 0 Å². The van der Waals surface area contributed by atoms with Crippen LogP contribution >= 0.6 is 0 Å². The predicted octanol–water partition coefficient (Wildman–Crippen LogP) is 4.58. The van der Waals surface area contributed by atoms with E-state index in [9.17, 15) is 4.32 Å². The fourth-order valence-corrected chi connectivity index (χ4v) is 3.25. The molecule has 0 saturated carbocycles. The number of nitrogens with zero attached hydrogens (tertiary/aromatic N) is 2. The molecule has 1 aliphatic heterocycles. The van der Waals surface area contributed by atoms with Gasteiger partial charge in [-0.15, -0.1) is 0 Å². The van der Waals surface area contributed by atoms with E-state index in [-0.39, 0.29) is 0 Å². The molecule has 1 aliphatic rings. The Morgan fingerprint density at radius 3 is 2.86 bits per heavy atom. The van der Waals surface area contributed by atoms with E-state index in [4.69, 9.17) is 15.5 Å². The van der Waals surface area contributed by atoms with E-state index in [1.807, 2.05) is 55.5 Å². The van der Waals surface area contributed by atoms with Crippen LogP contribution in [-0.2, 0) is 0 Å². The molecule has 2 heterocycles. The minimum absolute atomic E-state index is 0.450. The third-order valence-corrected chi connectivity index (χ3v) is 4.56. The van der Waals surface area contributed by atoms with Crippen LogP contribution in [0.3, 0.4) is 0 Å². The predicted molar refractivity (Wildman–Crippen MR) is 120 cm³/mol. The first-order valence-corrected chi connectivity index (χ1v) is 9.50. The Morgan fingerprint density at radius 2 is 2.10 bits per heavy atom. The van der Waals surface area contributed by atoms with Crippen LogP contribution < -0.4 is 10.5 Å². The molecule has 1 aromatic heterocycles. The molecule has 0 bridgehead atoms. The van der Waals surface area contributed by atoms with Gasteiger partial charge >= 0.3 is 7.69 Å². The number of benzene rings is 1. The van der Waals surface area contributed by atoms with Crippen LogP contribution in [-0.4, -0.2) is 31.0 Å². The van der Waals surface area contributed by atoms with E-state index in [2.05, 4.69) is 6.58 Å². The number of aliphatic imine (C=N–C) groups is 1. The van der Waals surface area contributed by atoms with Crippen molar-refractivity contribution in [3.8, 4) is 5.75 Å². The van der Waals surface area contributed by atoms with E-state index in [0.29, 0.717) is 27.3 Å². The van der Waals surface area contributed by atoms with Gasteiger partial charge in [0.1, 0.15) is 12.4 Å². The molecule has 29 heavy (non-hydrogen) atoms. The summed E-state index contributed by atoms with van der Waals surface area (Å²) in [5.74, 6) is 0.791. The summed E-state index contributed by atoms with van der Waals surface area (Å²) in [6.45, 7) is 6.59. The highest BCUT2D eigenvalue weighted by atomic mass is 19.1. The molecule has 0 spiro atoms. The average molecular weight is 388 g/mol. The fraction of sp³-hybridized carbons (Fsp3) is 0.174. The van der Waals surface area contributed by atoms with Crippen LogP contribution in [0.5, 0.6) is 5.75 Å². The zero-order valence-corrected chi connectivity index (χ0v) is 16.5. The van der Waals surface area contributed by atoms with E-state index in [0.717, 1.165) is 39.6 Å². The summed E-state index contributed by atoms with van der Waals surface area (Å²) in [5.41, 5.74) is 11.2. The number of allylic oxidation sites excluding steroid dienone is 3. The van der Waals surface area contributed by atoms with E-state index in [1.54, 1.807) is 18.3 Å². The molecule has 0 aliphatic carbocycles. The smallest absolute Gasteiger partial charge is 0.489 e. The highest BCUT2D eigenvalue weighted by Crippen LogP contribution is 2.31. The largest absolute Gasteiger partial charge is 0.495 e. The first-order valence-electron chi connectivity index (χ1n) is 9.50. The summed E-state index contributed by atoms with van der Waals surface area (Å²) in [6.07, 6.45) is 9.94. The number of nitrogens with two attached hydrogens (primary N) is 1. The van der Waals surface area contributed by atoms with Crippen molar-refractivity contribution in [2.75, 3.05) is 13.2 Å². The van der Waals surface area contributed by atoms with Gasteiger partial charge in [0.15, 0.2) is 0 Å². The van der Waals surface area contributed by atoms with Crippen molar-refractivity contribution in [1.29, 1.82) is 0 Å². The molecule has 2 aromatic rings. The lowest BCUT2D eigenvalue weighted by atomic mass is 10.0. The van der Waals surface area contributed by atoms with Crippen LogP contribution in [0.2, 0.25) is 0 Å². The number of halogens is 1. The normalized spacial score (nSPS) is 15.3. The number of para-hydroxylation sites is 1. The lowest BCUT2D eigenvalue weighted by Crippen LogP contribution is -2.08. The first kappa shape index (κ1) is 20.6. The molecule has 4 nitrogen and oxygen atoms in total. The molecule has 2 N–H and O–H groups in total. The van der Waals surface area contributed by atoms with Crippen molar-refractivity contribution in [2.45, 2.75) is 13.3 Å². The Balaban J connectivity index is 1.93. The van der Waals surface area contributed by atoms with E-state index < -0.39 is 0 Å². The minimum atomic E-state index is 0.450. The number of rotatable bonds is 9. The molecular formula is C23H24BFN3O. The fourth-order valence-electron chi connectivity index (χ4n) is 3.25. The van der Waals surface area contributed by atoms with Crippen molar-refractivity contribution in [1.82, 2.24) is 4.48 Å². The molecule has 0 saturated heterocycles. The van der Waals surface area contributed by atoms with Crippen LogP contribution in [0.25, 0.3) is 11.6 Å². The average Bonchev–Trinajstić information content (AvgIpc) is 3.36. The van der Waals surface area contributed by atoms with Crippen molar-refractivity contribution in [3.63, 3.8) is 0 Å². The second-order valence-corrected chi connectivity index (χ2v) is 6.60. The molecule has 0 amide bonds. The number of aromatic nitrogens is 1. The maximum atomic E-state index is 13.2. The highest BCUT2D eigenvalue weighted by molar-refractivity contribution is 6.25. The summed E-state index contributed by atoms with van der Waals surface area (Å²) in [6, 6.07) is 11.5. The lowest BCUT2D eigenvalue weighted by Gasteiger charge is -2.12. The summed E-state index contributed by atoms with van der Waals surface area (Å²) < 4.78 is 20.4. The van der Waals surface area contributed by atoms with Crippen molar-refractivity contribution in [3.05, 3.63) is 89.9 Å². The molecular weight excluding hydrogens is 364 g/mol. The molecule has 1 aromatic carbocycles. The summed E-state index contributed by atoms with van der Waals surface area (Å²) in [5, 5.41) is 0. The maximum Gasteiger partial charge on any atom is 0.495 e. The van der Waals surface area contributed by atoms with Gasteiger partial charge in [-0.25, -0.2) is 4.99 Å². The van der Waals surface area contributed by atoms with Gasteiger partial charge in [0.2, 0.25) is 0 Å². The third kappa shape index (κ3) is 4.84. The van der Waals surface area contributed by atoms with Gasteiger partial charge in [-0.2, -0.15) is 0 Å². The Bertz CT molecular complexity index is 1000. The number of hydrogen-bond donors (Lipinski definition) is 1. The van der Waals surface area contributed by atoms with Crippen LogP contribution in [0.15, 0.2) is 83.7 Å². The SMILES string of the molecule is C=CCOc1ccccc1C=CC1=NC(=C(CCN)c2cccn2[B]F)C(C)=C1. The summed E-state index contributed by atoms with van der Waals surface area (Å²) in [7, 11) is 0.547. The van der Waals surface area contributed by atoms with Gasteiger partial charge in [-0.3, -0.25) is 0 Å². The lowest BCUT2D eigenvalue weighted by molar-refractivity contribution is 0.362. The van der Waals surface area contributed by atoms with Gasteiger partial charge in [-0.05, 0) is 68.1 Å². The number of ether oxygens (including phenoxy) is 1. The molecule has 6 heteroatoms. The Kier molecular flexibility index (Phi) is 7.03. The maximum absolute atomic E-state index is 13.2. The second-order valence-electron chi connectivity index (χ2n) is 6.60. The standard InChI is InChI=1S/C23H24BFN3O/c1-3-15-29-22-9-5-4-7-18(22)10-11-19-16-17(2)23(27-19)20(12-13-26)21-8-6-14-28(21)24-25/h3-11,14,16H,1,12-13,15,26H2,2H3. The molecule has 3 rings (SSSR count). The van der Waals surface area contributed by atoms with Crippen LogP contribution in [0.4, 0.5) is 4.32 Å². The van der Waals surface area contributed by atoms with Crippen LogP contribution in [0, 0.1) is 0 Å². The Labute approximate surface area is 171 Å². The zero-order chi connectivity index (χ0) is 20.6. The van der Waals surface area contributed by atoms with Crippen molar-refractivity contribution in [2.24, 2.45) is 10.7 Å². The zero-order valence-electron chi connectivity index (χ0n) is 16.5. The van der Waals surface area contributed by atoms with Gasteiger partial charge in [0, 0.05) is 16.8 Å². The molecule has 1 radical (unpaired) electrons. The third-order valence-electron chi connectivity index (χ3n) is 4.56. The van der Waals surface area contributed by atoms with Gasteiger partial charge in [0.25, 0.3) is 0 Å². The quantitative estimate of drug-likeness (QED) is 0.505. The number of hydrogen-bond acceptors (Lipinski definition) is 3. The van der Waals surface area contributed by atoms with Crippen LogP contribution in [0.1, 0.15) is 24.6 Å². The summed E-state index contributed by atoms with van der Waals surface area (Å²) >= 11 is 0. The van der Waals surface area contributed by atoms with Gasteiger partial charge in [0.05, 0.1) is 11.4 Å². The Hall–Kier alpha value is -3.12. The molecule has 0 fully saturated rings. The second kappa shape index (κ2) is 9.89. The highest BCUT2D eigenvalue weighted by Gasteiger charge is 2.18. The molecule has 0 unspecified atom stereocenters. The minimum Gasteiger partial charge on any atom is -0.489 e. The monoisotopic (exact) mass is 388 g/mol. The Morgan fingerprint density at radius 1 is 1.28 bits per heavy atom. The summed E-state index contributed by atoms with van der Waals surface area (Å²) in [4.78, 5) is 4.78. The van der Waals surface area contributed by atoms with E-state index in [1.165, 1.54) is 4.48 Å². The van der Waals surface area contributed by atoms with Gasteiger partial charge < -0.3 is 19.3 Å².